The van der Waals surface area contributed by atoms with Crippen molar-refractivity contribution in [2.75, 3.05) is 21.3 Å². The molecule has 8 heteroatoms. The molecule has 0 saturated carbocycles. The van der Waals surface area contributed by atoms with E-state index in [4.69, 9.17) is 14.2 Å². The van der Waals surface area contributed by atoms with E-state index in [1.165, 1.54) is 14.2 Å². The summed E-state index contributed by atoms with van der Waals surface area (Å²) in [6.45, 7) is 0.436. The Hall–Kier alpha value is -3.42. The van der Waals surface area contributed by atoms with Crippen molar-refractivity contribution in [1.29, 1.82) is 0 Å². The summed E-state index contributed by atoms with van der Waals surface area (Å²) in [6, 6.07) is 16.7. The number of hydrogen-bond acceptors (Lipinski definition) is 8. The third-order valence-corrected chi connectivity index (χ3v) is 4.91. The molecule has 1 aliphatic rings. The lowest BCUT2D eigenvalue weighted by atomic mass is 9.86. The predicted octanol–water partition coefficient (Wildman–Crippen LogP) is 3.09. The van der Waals surface area contributed by atoms with E-state index in [0.717, 1.165) is 11.1 Å². The summed E-state index contributed by atoms with van der Waals surface area (Å²) in [5, 5.41) is 10.1. The quantitative estimate of drug-likeness (QED) is 0.550. The number of carbonyl (C=O) groups excluding carboxylic acids is 2. The van der Waals surface area contributed by atoms with Crippen LogP contribution in [0.4, 0.5) is 0 Å². The van der Waals surface area contributed by atoms with Gasteiger partial charge in [0.05, 0.1) is 33.9 Å². The minimum Gasteiger partial charge on any atom is -0.496 e. The minimum absolute atomic E-state index is 0.00303. The first kappa shape index (κ1) is 20.3. The van der Waals surface area contributed by atoms with Crippen molar-refractivity contribution in [3.05, 3.63) is 65.7 Å². The number of ether oxygens (including phenoxy) is 3. The van der Waals surface area contributed by atoms with Crippen molar-refractivity contribution < 1.29 is 23.8 Å². The summed E-state index contributed by atoms with van der Waals surface area (Å²) in [6.07, 6.45) is 0.00303. The van der Waals surface area contributed by atoms with E-state index in [1.807, 2.05) is 54.6 Å². The van der Waals surface area contributed by atoms with E-state index in [9.17, 15) is 9.59 Å². The second kappa shape index (κ2) is 8.72. The molecular formula is C21H23N3O5. The van der Waals surface area contributed by atoms with E-state index in [1.54, 1.807) is 12.1 Å². The Morgan fingerprint density at radius 2 is 1.62 bits per heavy atom. The topological polar surface area (TPSA) is 89.8 Å². The second-order valence-electron chi connectivity index (χ2n) is 6.58. The van der Waals surface area contributed by atoms with Gasteiger partial charge in [-0.05, 0) is 11.6 Å². The highest BCUT2D eigenvalue weighted by Crippen LogP contribution is 2.42. The summed E-state index contributed by atoms with van der Waals surface area (Å²) in [5.41, 5.74) is -0.0842. The van der Waals surface area contributed by atoms with Crippen molar-refractivity contribution in [3.63, 3.8) is 0 Å². The molecule has 2 aromatic carbocycles. The summed E-state index contributed by atoms with van der Waals surface area (Å²) >= 11 is 0. The Bertz CT molecular complexity index is 884. The molecule has 0 aromatic heterocycles. The number of carbonyl (C=O) groups is 2. The molecule has 0 amide bonds. The van der Waals surface area contributed by atoms with Crippen LogP contribution in [0.1, 0.15) is 23.6 Å². The van der Waals surface area contributed by atoms with Gasteiger partial charge in [-0.3, -0.25) is 5.01 Å². The van der Waals surface area contributed by atoms with Crippen LogP contribution in [0.15, 0.2) is 64.9 Å². The number of methoxy groups -OCH3 is 3. The lowest BCUT2D eigenvalue weighted by molar-refractivity contribution is -0.164. The molecule has 0 aliphatic carbocycles. The van der Waals surface area contributed by atoms with Crippen LogP contribution < -0.4 is 4.74 Å². The molecule has 1 heterocycles. The van der Waals surface area contributed by atoms with E-state index in [0.29, 0.717) is 12.3 Å². The Kier molecular flexibility index (Phi) is 6.11. The third-order valence-electron chi connectivity index (χ3n) is 4.91. The third kappa shape index (κ3) is 3.91. The fourth-order valence-corrected chi connectivity index (χ4v) is 3.42. The van der Waals surface area contributed by atoms with Gasteiger partial charge in [0.15, 0.2) is 0 Å². The molecule has 0 saturated heterocycles. The van der Waals surface area contributed by atoms with Crippen molar-refractivity contribution >= 4 is 11.9 Å². The molecule has 0 radical (unpaired) electrons. The van der Waals surface area contributed by atoms with Crippen molar-refractivity contribution in [2.24, 2.45) is 10.3 Å². The van der Waals surface area contributed by atoms with Crippen molar-refractivity contribution in [3.8, 4) is 5.75 Å². The van der Waals surface area contributed by atoms with Crippen molar-refractivity contribution in [2.45, 2.75) is 24.5 Å². The molecule has 8 nitrogen and oxygen atoms in total. The van der Waals surface area contributed by atoms with Gasteiger partial charge in [-0.2, -0.15) is 0 Å². The van der Waals surface area contributed by atoms with Crippen LogP contribution in [0.3, 0.4) is 0 Å². The molecule has 152 valence electrons. The molecule has 2 aromatic rings. The zero-order valence-corrected chi connectivity index (χ0v) is 16.6. The monoisotopic (exact) mass is 397 g/mol. The SMILES string of the molecule is COC(=O)C1(C(=O)OC)C[C@@H](c2ccccc2OC)N(Cc2ccccc2)N=N1. The standard InChI is InChI=1S/C21H23N3O5/c1-27-18-12-8-7-11-16(18)17-13-21(19(25)28-2,20(26)29-3)22-23-24(17)14-15-9-5-4-6-10-15/h4-12,17H,13-14H2,1-3H3/t17-/m0/s1. The van der Waals surface area contributed by atoms with Crippen LogP contribution >= 0.6 is 0 Å². The van der Waals surface area contributed by atoms with Gasteiger partial charge in [0.1, 0.15) is 5.75 Å². The zero-order valence-electron chi connectivity index (χ0n) is 16.6. The van der Waals surface area contributed by atoms with Gasteiger partial charge in [-0.15, -0.1) is 5.11 Å². The lowest BCUT2D eigenvalue weighted by Crippen LogP contribution is -2.51. The molecule has 0 N–H and O–H groups in total. The van der Waals surface area contributed by atoms with Gasteiger partial charge < -0.3 is 14.2 Å². The summed E-state index contributed by atoms with van der Waals surface area (Å²) < 4.78 is 15.2. The van der Waals surface area contributed by atoms with Crippen LogP contribution in [0.5, 0.6) is 5.75 Å². The van der Waals surface area contributed by atoms with E-state index < -0.39 is 23.5 Å². The van der Waals surface area contributed by atoms with Crippen LogP contribution in [-0.2, 0) is 25.6 Å². The highest BCUT2D eigenvalue weighted by Gasteiger charge is 2.54. The fourth-order valence-electron chi connectivity index (χ4n) is 3.42. The Balaban J connectivity index is 2.09. The molecule has 0 fully saturated rings. The van der Waals surface area contributed by atoms with Gasteiger partial charge >= 0.3 is 11.9 Å². The van der Waals surface area contributed by atoms with E-state index in [-0.39, 0.29) is 6.42 Å². The molecule has 29 heavy (non-hydrogen) atoms. The van der Waals surface area contributed by atoms with Gasteiger partial charge in [-0.25, -0.2) is 9.59 Å². The van der Waals surface area contributed by atoms with Gasteiger partial charge in [0.2, 0.25) is 0 Å². The van der Waals surface area contributed by atoms with Crippen LogP contribution in [0, 0.1) is 0 Å². The highest BCUT2D eigenvalue weighted by molar-refractivity contribution is 6.05. The second-order valence-corrected chi connectivity index (χ2v) is 6.58. The molecule has 1 aliphatic heterocycles. The van der Waals surface area contributed by atoms with E-state index in [2.05, 4.69) is 10.3 Å². The fraction of sp³-hybridized carbons (Fsp3) is 0.333. The van der Waals surface area contributed by atoms with Gasteiger partial charge in [-0.1, -0.05) is 53.8 Å². The van der Waals surface area contributed by atoms with Crippen LogP contribution in [0.2, 0.25) is 0 Å². The number of benzene rings is 2. The minimum atomic E-state index is -1.87. The number of esters is 2. The lowest BCUT2D eigenvalue weighted by Gasteiger charge is -2.38. The predicted molar refractivity (Wildman–Crippen MR) is 104 cm³/mol. The largest absolute Gasteiger partial charge is 0.496 e. The molecule has 1 atom stereocenters. The van der Waals surface area contributed by atoms with Crippen LogP contribution in [0.25, 0.3) is 0 Å². The zero-order chi connectivity index (χ0) is 20.9. The normalized spacial score (nSPS) is 17.5. The Morgan fingerprint density at radius 1 is 1.00 bits per heavy atom. The first-order chi connectivity index (χ1) is 14.1. The Morgan fingerprint density at radius 3 is 2.24 bits per heavy atom. The smallest absolute Gasteiger partial charge is 0.347 e. The molecule has 0 unspecified atom stereocenters. The van der Waals surface area contributed by atoms with Gasteiger partial charge in [0.25, 0.3) is 5.54 Å². The molecule has 0 bridgehead atoms. The maximum Gasteiger partial charge on any atom is 0.347 e. The van der Waals surface area contributed by atoms with Crippen LogP contribution in [-0.4, -0.2) is 43.8 Å². The van der Waals surface area contributed by atoms with E-state index >= 15 is 0 Å². The summed E-state index contributed by atoms with van der Waals surface area (Å²) in [7, 11) is 3.98. The number of rotatable bonds is 6. The highest BCUT2D eigenvalue weighted by atomic mass is 16.5. The van der Waals surface area contributed by atoms with Crippen molar-refractivity contribution in [1.82, 2.24) is 5.01 Å². The number of hydrogen-bond donors (Lipinski definition) is 0. The molecule has 0 spiro atoms. The first-order valence-corrected chi connectivity index (χ1v) is 9.09. The average Bonchev–Trinajstić information content (AvgIpc) is 2.79. The molecular weight excluding hydrogens is 374 g/mol. The average molecular weight is 397 g/mol. The number of para-hydroxylation sites is 1. The summed E-state index contributed by atoms with van der Waals surface area (Å²) in [4.78, 5) is 25.1. The maximum absolute atomic E-state index is 12.6. The van der Waals surface area contributed by atoms with Gasteiger partial charge in [0, 0.05) is 12.0 Å². The maximum atomic E-state index is 12.6. The Labute approximate surface area is 169 Å². The summed E-state index contributed by atoms with van der Waals surface area (Å²) in [5.74, 6) is -1.00. The first-order valence-electron chi connectivity index (χ1n) is 9.09. The number of nitrogens with zero attached hydrogens (tertiary/aromatic N) is 3. The molecule has 3 rings (SSSR count).